The summed E-state index contributed by atoms with van der Waals surface area (Å²) in [6.45, 7) is 4.26. The predicted molar refractivity (Wildman–Crippen MR) is 77.1 cm³/mol. The summed E-state index contributed by atoms with van der Waals surface area (Å²) < 4.78 is 0. The highest BCUT2D eigenvalue weighted by Crippen LogP contribution is 2.16. The fraction of sp³-hybridized carbons (Fsp3) is 0.250. The molecule has 4 heteroatoms. The SMILES string of the molecule is Cc1cccc(C(=O)NCc2ccc3c(c2)CNC3)n1. The molecular formula is C16H17N3O. The first kappa shape index (κ1) is 12.8. The Morgan fingerprint density at radius 2 is 2.10 bits per heavy atom. The van der Waals surface area contributed by atoms with E-state index in [1.807, 2.05) is 19.1 Å². The van der Waals surface area contributed by atoms with Gasteiger partial charge in [0.1, 0.15) is 5.69 Å². The van der Waals surface area contributed by atoms with Gasteiger partial charge in [-0.25, -0.2) is 4.98 Å². The Balaban J connectivity index is 1.66. The maximum absolute atomic E-state index is 12.0. The van der Waals surface area contributed by atoms with Crippen LogP contribution in [0.15, 0.2) is 36.4 Å². The van der Waals surface area contributed by atoms with Crippen molar-refractivity contribution in [3.8, 4) is 0 Å². The molecular weight excluding hydrogens is 250 g/mol. The van der Waals surface area contributed by atoms with Gasteiger partial charge in [-0.1, -0.05) is 24.3 Å². The highest BCUT2D eigenvalue weighted by atomic mass is 16.1. The van der Waals surface area contributed by atoms with Gasteiger partial charge in [0.05, 0.1) is 0 Å². The molecule has 0 spiro atoms. The van der Waals surface area contributed by atoms with E-state index >= 15 is 0 Å². The van der Waals surface area contributed by atoms with Gasteiger partial charge in [0.25, 0.3) is 5.91 Å². The summed E-state index contributed by atoms with van der Waals surface area (Å²) in [5, 5.41) is 6.23. The summed E-state index contributed by atoms with van der Waals surface area (Å²) in [6, 6.07) is 11.8. The van der Waals surface area contributed by atoms with Crippen LogP contribution in [-0.4, -0.2) is 10.9 Å². The molecule has 1 aliphatic heterocycles. The number of hydrogen-bond donors (Lipinski definition) is 2. The lowest BCUT2D eigenvalue weighted by atomic mass is 10.1. The second-order valence-electron chi connectivity index (χ2n) is 5.05. The lowest BCUT2D eigenvalue weighted by molar-refractivity contribution is 0.0945. The molecule has 0 bridgehead atoms. The first-order chi connectivity index (χ1) is 9.72. The minimum Gasteiger partial charge on any atom is -0.347 e. The van der Waals surface area contributed by atoms with Crippen LogP contribution in [0.1, 0.15) is 32.9 Å². The standard InChI is InChI=1S/C16H17N3O/c1-11-3-2-4-15(19-11)16(20)18-8-12-5-6-13-9-17-10-14(13)7-12/h2-7,17H,8-10H2,1H3,(H,18,20). The largest absolute Gasteiger partial charge is 0.347 e. The number of nitrogens with one attached hydrogen (secondary N) is 2. The van der Waals surface area contributed by atoms with E-state index < -0.39 is 0 Å². The first-order valence-electron chi connectivity index (χ1n) is 6.75. The molecule has 1 aromatic heterocycles. The van der Waals surface area contributed by atoms with Crippen LogP contribution in [0, 0.1) is 6.92 Å². The molecule has 0 saturated carbocycles. The van der Waals surface area contributed by atoms with Gasteiger partial charge >= 0.3 is 0 Å². The van der Waals surface area contributed by atoms with Gasteiger partial charge in [-0.2, -0.15) is 0 Å². The van der Waals surface area contributed by atoms with E-state index in [0.29, 0.717) is 12.2 Å². The number of nitrogens with zero attached hydrogens (tertiary/aromatic N) is 1. The molecule has 0 radical (unpaired) electrons. The second kappa shape index (κ2) is 5.43. The van der Waals surface area contributed by atoms with Crippen molar-refractivity contribution in [3.05, 3.63) is 64.5 Å². The summed E-state index contributed by atoms with van der Waals surface area (Å²) in [5.74, 6) is -0.132. The van der Waals surface area contributed by atoms with E-state index in [9.17, 15) is 4.79 Å². The number of fused-ring (bicyclic) bond motifs is 1. The highest BCUT2D eigenvalue weighted by Gasteiger charge is 2.11. The minimum absolute atomic E-state index is 0.132. The van der Waals surface area contributed by atoms with E-state index in [-0.39, 0.29) is 5.91 Å². The van der Waals surface area contributed by atoms with Crippen molar-refractivity contribution in [2.75, 3.05) is 0 Å². The van der Waals surface area contributed by atoms with Crippen LogP contribution in [-0.2, 0) is 19.6 Å². The average molecular weight is 267 g/mol. The van der Waals surface area contributed by atoms with Gasteiger partial charge in [0, 0.05) is 25.3 Å². The van der Waals surface area contributed by atoms with E-state index in [1.165, 1.54) is 11.1 Å². The van der Waals surface area contributed by atoms with Crippen LogP contribution in [0.5, 0.6) is 0 Å². The molecule has 102 valence electrons. The first-order valence-corrected chi connectivity index (χ1v) is 6.75. The molecule has 2 aromatic rings. The quantitative estimate of drug-likeness (QED) is 0.893. The van der Waals surface area contributed by atoms with Crippen LogP contribution >= 0.6 is 0 Å². The maximum Gasteiger partial charge on any atom is 0.270 e. The van der Waals surface area contributed by atoms with E-state index in [1.54, 1.807) is 6.07 Å². The molecule has 3 rings (SSSR count). The third kappa shape index (κ3) is 2.70. The summed E-state index contributed by atoms with van der Waals surface area (Å²) in [6.07, 6.45) is 0. The molecule has 0 aliphatic carbocycles. The second-order valence-corrected chi connectivity index (χ2v) is 5.05. The Morgan fingerprint density at radius 3 is 2.95 bits per heavy atom. The van der Waals surface area contributed by atoms with Crippen LogP contribution in [0.4, 0.5) is 0 Å². The molecule has 0 saturated heterocycles. The molecule has 2 heterocycles. The lowest BCUT2D eigenvalue weighted by Gasteiger charge is -2.07. The molecule has 1 amide bonds. The Bertz CT molecular complexity index is 652. The topological polar surface area (TPSA) is 54.0 Å². The fourth-order valence-corrected chi connectivity index (χ4v) is 2.40. The number of pyridine rings is 1. The molecule has 4 nitrogen and oxygen atoms in total. The smallest absolute Gasteiger partial charge is 0.270 e. The van der Waals surface area contributed by atoms with Crippen LogP contribution in [0.2, 0.25) is 0 Å². The summed E-state index contributed by atoms with van der Waals surface area (Å²) >= 11 is 0. The van der Waals surface area contributed by atoms with E-state index in [4.69, 9.17) is 0 Å². The van der Waals surface area contributed by atoms with Crippen molar-refractivity contribution in [2.45, 2.75) is 26.6 Å². The summed E-state index contributed by atoms with van der Waals surface area (Å²) in [4.78, 5) is 16.2. The van der Waals surface area contributed by atoms with Crippen molar-refractivity contribution in [1.82, 2.24) is 15.6 Å². The number of hydrogen-bond acceptors (Lipinski definition) is 3. The third-order valence-electron chi connectivity index (χ3n) is 3.48. The number of amides is 1. The van der Waals surface area contributed by atoms with Gasteiger partial charge in [-0.3, -0.25) is 4.79 Å². The minimum atomic E-state index is -0.132. The van der Waals surface area contributed by atoms with E-state index in [0.717, 1.165) is 24.3 Å². The molecule has 1 aliphatic rings. The van der Waals surface area contributed by atoms with Gasteiger partial charge in [-0.05, 0) is 35.7 Å². The Labute approximate surface area is 118 Å². The molecule has 0 atom stereocenters. The third-order valence-corrected chi connectivity index (χ3v) is 3.48. The lowest BCUT2D eigenvalue weighted by Crippen LogP contribution is -2.24. The molecule has 20 heavy (non-hydrogen) atoms. The summed E-state index contributed by atoms with van der Waals surface area (Å²) in [5.41, 5.74) is 5.10. The zero-order valence-electron chi connectivity index (χ0n) is 11.4. The normalized spacial score (nSPS) is 13.1. The van der Waals surface area contributed by atoms with Crippen LogP contribution < -0.4 is 10.6 Å². The predicted octanol–water partition coefficient (Wildman–Crippen LogP) is 1.92. The van der Waals surface area contributed by atoms with Gasteiger partial charge < -0.3 is 10.6 Å². The van der Waals surface area contributed by atoms with Crippen molar-refractivity contribution in [2.24, 2.45) is 0 Å². The summed E-state index contributed by atoms with van der Waals surface area (Å²) in [7, 11) is 0. The van der Waals surface area contributed by atoms with Crippen molar-refractivity contribution < 1.29 is 4.79 Å². The van der Waals surface area contributed by atoms with Crippen LogP contribution in [0.25, 0.3) is 0 Å². The molecule has 0 unspecified atom stereocenters. The molecule has 2 N–H and O–H groups in total. The monoisotopic (exact) mass is 267 g/mol. The number of carbonyl (C=O) groups is 1. The zero-order chi connectivity index (χ0) is 13.9. The number of aromatic nitrogens is 1. The van der Waals surface area contributed by atoms with Crippen molar-refractivity contribution >= 4 is 5.91 Å². The number of aryl methyl sites for hydroxylation is 1. The van der Waals surface area contributed by atoms with Crippen molar-refractivity contribution in [3.63, 3.8) is 0 Å². The van der Waals surface area contributed by atoms with Crippen molar-refractivity contribution in [1.29, 1.82) is 0 Å². The average Bonchev–Trinajstić information content (AvgIpc) is 2.92. The van der Waals surface area contributed by atoms with Crippen LogP contribution in [0.3, 0.4) is 0 Å². The van der Waals surface area contributed by atoms with Gasteiger partial charge in [-0.15, -0.1) is 0 Å². The Kier molecular flexibility index (Phi) is 3.48. The fourth-order valence-electron chi connectivity index (χ4n) is 2.40. The number of benzene rings is 1. The van der Waals surface area contributed by atoms with E-state index in [2.05, 4.69) is 33.8 Å². The molecule has 0 fully saturated rings. The Hall–Kier alpha value is -2.20. The Morgan fingerprint density at radius 1 is 1.25 bits per heavy atom. The molecule has 1 aromatic carbocycles. The zero-order valence-corrected chi connectivity index (χ0v) is 11.4. The maximum atomic E-state index is 12.0. The number of carbonyl (C=O) groups excluding carboxylic acids is 1. The highest BCUT2D eigenvalue weighted by molar-refractivity contribution is 5.92. The number of rotatable bonds is 3. The van der Waals surface area contributed by atoms with Gasteiger partial charge in [0.15, 0.2) is 0 Å². The van der Waals surface area contributed by atoms with Gasteiger partial charge in [0.2, 0.25) is 0 Å².